The predicted octanol–water partition coefficient (Wildman–Crippen LogP) is 5.44. The van der Waals surface area contributed by atoms with Crippen molar-refractivity contribution in [2.24, 2.45) is 0 Å². The highest BCUT2D eigenvalue weighted by Crippen LogP contribution is 2.44. The van der Waals surface area contributed by atoms with Crippen LogP contribution >= 0.6 is 0 Å². The number of nitrogens with zero attached hydrogens (tertiary/aromatic N) is 3. The minimum atomic E-state index is -0.208. The SMILES string of the molecule is O=C(c1ccc(OCCN2CCCCC2)cc1)N1Cc2c(noc2-c2ccc(O)cc2)-c2ccc(O)cc21. The number of ether oxygens (including phenoxy) is 1. The number of phenols is 2. The van der Waals surface area contributed by atoms with Crippen LogP contribution in [0.1, 0.15) is 35.2 Å². The Bertz CT molecular complexity index is 1430. The van der Waals surface area contributed by atoms with E-state index in [9.17, 15) is 15.0 Å². The number of hydrogen-bond acceptors (Lipinski definition) is 7. The summed E-state index contributed by atoms with van der Waals surface area (Å²) in [4.78, 5) is 17.8. The van der Waals surface area contributed by atoms with Crippen molar-refractivity contribution >= 4 is 11.6 Å². The quantitative estimate of drug-likeness (QED) is 0.355. The number of hydrogen-bond donors (Lipinski definition) is 2. The molecule has 8 nitrogen and oxygen atoms in total. The van der Waals surface area contributed by atoms with Crippen LogP contribution in [0.5, 0.6) is 17.2 Å². The van der Waals surface area contributed by atoms with Crippen molar-refractivity contribution in [1.29, 1.82) is 0 Å². The molecular formula is C30H29N3O5. The summed E-state index contributed by atoms with van der Waals surface area (Å²) in [5.74, 6) is 1.27. The largest absolute Gasteiger partial charge is 0.508 e. The van der Waals surface area contributed by atoms with Gasteiger partial charge in [-0.1, -0.05) is 11.6 Å². The number of carbonyl (C=O) groups is 1. The van der Waals surface area contributed by atoms with E-state index in [4.69, 9.17) is 9.26 Å². The fourth-order valence-electron chi connectivity index (χ4n) is 5.20. The fourth-order valence-corrected chi connectivity index (χ4v) is 5.20. The van der Waals surface area contributed by atoms with Crippen molar-refractivity contribution in [3.63, 3.8) is 0 Å². The number of phenolic OH excluding ortho intramolecular Hbond substituents is 2. The summed E-state index contributed by atoms with van der Waals surface area (Å²) in [5.41, 5.74) is 3.91. The number of aromatic hydroxyl groups is 2. The molecule has 0 aliphatic carbocycles. The van der Waals surface area contributed by atoms with Crippen LogP contribution in [0.2, 0.25) is 0 Å². The van der Waals surface area contributed by atoms with E-state index in [1.807, 2.05) is 12.1 Å². The van der Waals surface area contributed by atoms with Crippen LogP contribution in [0.15, 0.2) is 71.3 Å². The van der Waals surface area contributed by atoms with Gasteiger partial charge in [-0.25, -0.2) is 0 Å². The first-order chi connectivity index (χ1) is 18.6. The lowest BCUT2D eigenvalue weighted by Gasteiger charge is -2.29. The van der Waals surface area contributed by atoms with E-state index in [-0.39, 0.29) is 24.0 Å². The Hall–Kier alpha value is -4.30. The standard InChI is InChI=1S/C30H29N3O5/c34-22-8-4-20(5-9-22)29-26-19-33(27-18-23(35)10-13-25(27)28(26)31-38-29)30(36)21-6-11-24(12-7-21)37-17-16-32-14-2-1-3-15-32/h4-13,18,34-35H,1-3,14-17,19H2. The van der Waals surface area contributed by atoms with E-state index in [2.05, 4.69) is 10.1 Å². The number of piperidine rings is 1. The second kappa shape index (κ2) is 10.2. The molecule has 6 rings (SSSR count). The van der Waals surface area contributed by atoms with Crippen LogP contribution in [0.4, 0.5) is 5.69 Å². The molecule has 0 unspecified atom stereocenters. The van der Waals surface area contributed by atoms with E-state index in [0.29, 0.717) is 34.9 Å². The molecule has 0 radical (unpaired) electrons. The van der Waals surface area contributed by atoms with Crippen molar-refractivity contribution in [3.05, 3.63) is 77.9 Å². The Morgan fingerprint density at radius 3 is 2.42 bits per heavy atom. The van der Waals surface area contributed by atoms with Gasteiger partial charge in [0.1, 0.15) is 29.5 Å². The third kappa shape index (κ3) is 4.70. The maximum atomic E-state index is 13.7. The monoisotopic (exact) mass is 511 g/mol. The number of rotatable bonds is 6. The molecule has 38 heavy (non-hydrogen) atoms. The molecule has 3 heterocycles. The van der Waals surface area contributed by atoms with Crippen LogP contribution in [0, 0.1) is 0 Å². The first-order valence-electron chi connectivity index (χ1n) is 13.0. The summed E-state index contributed by atoms with van der Waals surface area (Å²) >= 11 is 0. The maximum Gasteiger partial charge on any atom is 0.258 e. The molecule has 8 heteroatoms. The number of fused-ring (bicyclic) bond motifs is 3. The van der Waals surface area contributed by atoms with Gasteiger partial charge >= 0.3 is 0 Å². The second-order valence-electron chi connectivity index (χ2n) is 9.75. The zero-order valence-electron chi connectivity index (χ0n) is 21.0. The highest BCUT2D eigenvalue weighted by atomic mass is 16.5. The molecule has 4 aromatic rings. The predicted molar refractivity (Wildman–Crippen MR) is 143 cm³/mol. The Morgan fingerprint density at radius 1 is 0.921 bits per heavy atom. The van der Waals surface area contributed by atoms with Crippen LogP contribution < -0.4 is 9.64 Å². The Kier molecular flexibility index (Phi) is 6.47. The van der Waals surface area contributed by atoms with Gasteiger partial charge in [-0.2, -0.15) is 0 Å². The zero-order valence-corrected chi connectivity index (χ0v) is 21.0. The third-order valence-electron chi connectivity index (χ3n) is 7.23. The summed E-state index contributed by atoms with van der Waals surface area (Å²) in [6.45, 7) is 4.00. The van der Waals surface area contributed by atoms with Gasteiger partial charge in [0.2, 0.25) is 0 Å². The number of anilines is 1. The van der Waals surface area contributed by atoms with E-state index >= 15 is 0 Å². The lowest BCUT2D eigenvalue weighted by molar-refractivity contribution is 0.0985. The summed E-state index contributed by atoms with van der Waals surface area (Å²) in [5, 5.41) is 24.2. The van der Waals surface area contributed by atoms with Gasteiger partial charge in [-0.15, -0.1) is 0 Å². The number of carbonyl (C=O) groups excluding carboxylic acids is 1. The molecule has 0 spiro atoms. The number of benzene rings is 3. The topological polar surface area (TPSA) is 99.3 Å². The molecule has 2 aliphatic heterocycles. The highest BCUT2D eigenvalue weighted by molar-refractivity contribution is 6.09. The Morgan fingerprint density at radius 2 is 1.66 bits per heavy atom. The van der Waals surface area contributed by atoms with Crippen molar-refractivity contribution in [2.45, 2.75) is 25.8 Å². The second-order valence-corrected chi connectivity index (χ2v) is 9.75. The van der Waals surface area contributed by atoms with E-state index in [0.717, 1.165) is 36.5 Å². The van der Waals surface area contributed by atoms with Crippen LogP contribution in [-0.2, 0) is 6.54 Å². The molecule has 194 valence electrons. The average molecular weight is 512 g/mol. The molecule has 0 atom stereocenters. The van der Waals surface area contributed by atoms with Gasteiger partial charge in [0, 0.05) is 34.9 Å². The molecular weight excluding hydrogens is 482 g/mol. The molecule has 1 aromatic heterocycles. The van der Waals surface area contributed by atoms with Gasteiger partial charge in [-0.05, 0) is 86.6 Å². The van der Waals surface area contributed by atoms with Crippen LogP contribution in [-0.4, -0.2) is 52.4 Å². The van der Waals surface area contributed by atoms with Gasteiger partial charge < -0.3 is 24.4 Å². The van der Waals surface area contributed by atoms with Gasteiger partial charge in [0.05, 0.1) is 12.2 Å². The van der Waals surface area contributed by atoms with Crippen molar-refractivity contribution < 1.29 is 24.3 Å². The summed E-state index contributed by atoms with van der Waals surface area (Å²) in [6.07, 6.45) is 3.81. The Balaban J connectivity index is 1.24. The Labute approximate surface area is 220 Å². The maximum absolute atomic E-state index is 13.7. The third-order valence-corrected chi connectivity index (χ3v) is 7.23. The first kappa shape index (κ1) is 24.1. The fraction of sp³-hybridized carbons (Fsp3) is 0.267. The first-order valence-corrected chi connectivity index (χ1v) is 13.0. The average Bonchev–Trinajstić information content (AvgIpc) is 3.37. The smallest absolute Gasteiger partial charge is 0.258 e. The molecule has 0 saturated carbocycles. The van der Waals surface area contributed by atoms with Gasteiger partial charge in [0.25, 0.3) is 5.91 Å². The summed E-state index contributed by atoms with van der Waals surface area (Å²) < 4.78 is 11.6. The van der Waals surface area contributed by atoms with Crippen LogP contribution in [0.25, 0.3) is 22.6 Å². The van der Waals surface area contributed by atoms with E-state index < -0.39 is 0 Å². The lowest BCUT2D eigenvalue weighted by Crippen LogP contribution is -2.33. The van der Waals surface area contributed by atoms with Gasteiger partial charge in [0.15, 0.2) is 5.76 Å². The zero-order chi connectivity index (χ0) is 26.1. The van der Waals surface area contributed by atoms with E-state index in [1.54, 1.807) is 59.5 Å². The van der Waals surface area contributed by atoms with Crippen molar-refractivity contribution in [2.75, 3.05) is 31.1 Å². The minimum Gasteiger partial charge on any atom is -0.508 e. The number of aromatic nitrogens is 1. The highest BCUT2D eigenvalue weighted by Gasteiger charge is 2.33. The van der Waals surface area contributed by atoms with Crippen LogP contribution in [0.3, 0.4) is 0 Å². The van der Waals surface area contributed by atoms with Crippen molar-refractivity contribution in [1.82, 2.24) is 10.1 Å². The summed E-state index contributed by atoms with van der Waals surface area (Å²) in [6, 6.07) is 18.7. The molecule has 2 aliphatic rings. The normalized spacial score (nSPS) is 15.1. The molecule has 0 bridgehead atoms. The number of amides is 1. The number of likely N-dealkylation sites (tertiary alicyclic amines) is 1. The molecule has 3 aromatic carbocycles. The minimum absolute atomic E-state index is 0.0599. The molecule has 1 amide bonds. The summed E-state index contributed by atoms with van der Waals surface area (Å²) in [7, 11) is 0. The molecule has 1 saturated heterocycles. The van der Waals surface area contributed by atoms with Crippen molar-refractivity contribution in [3.8, 4) is 39.8 Å². The van der Waals surface area contributed by atoms with E-state index in [1.165, 1.54) is 19.3 Å². The lowest BCUT2D eigenvalue weighted by atomic mass is 9.95. The molecule has 1 fully saturated rings. The molecule has 2 N–H and O–H groups in total. The van der Waals surface area contributed by atoms with Gasteiger partial charge in [-0.3, -0.25) is 9.69 Å².